The molecule has 0 saturated carbocycles. The lowest BCUT2D eigenvalue weighted by Crippen LogP contribution is -2.23. The number of hydrogen-bond donors (Lipinski definition) is 1. The molecule has 1 aromatic heterocycles. The average Bonchev–Trinajstić information content (AvgIpc) is 3.30. The van der Waals surface area contributed by atoms with Crippen molar-refractivity contribution in [2.24, 2.45) is 0 Å². The number of nitrogen functional groups attached to an aromatic ring is 1. The van der Waals surface area contributed by atoms with Crippen molar-refractivity contribution in [1.29, 1.82) is 5.26 Å². The summed E-state index contributed by atoms with van der Waals surface area (Å²) in [6.45, 7) is 4.58. The second-order valence-electron chi connectivity index (χ2n) is 6.71. The van der Waals surface area contributed by atoms with Crippen LogP contribution in [0.3, 0.4) is 0 Å². The first-order chi connectivity index (χ1) is 12.3. The van der Waals surface area contributed by atoms with Crippen LogP contribution in [0.1, 0.15) is 18.4 Å². The molecule has 0 bridgehead atoms. The number of hydrogen-bond acceptors (Lipinski definition) is 3. The molecule has 4 nitrogen and oxygen atoms in total. The molecule has 0 amide bonds. The molecule has 0 unspecified atom stereocenters. The Balaban J connectivity index is 1.68. The van der Waals surface area contributed by atoms with Crippen LogP contribution in [0, 0.1) is 11.3 Å². The summed E-state index contributed by atoms with van der Waals surface area (Å²) < 4.78 is 2.33. The van der Waals surface area contributed by atoms with Crippen LogP contribution in [-0.2, 0) is 6.54 Å². The van der Waals surface area contributed by atoms with Crippen LogP contribution < -0.4 is 5.73 Å². The maximum atomic E-state index is 9.24. The number of fused-ring (bicyclic) bond motifs is 1. The van der Waals surface area contributed by atoms with Crippen molar-refractivity contribution in [2.75, 3.05) is 25.4 Å². The molecule has 1 saturated heterocycles. The van der Waals surface area contributed by atoms with Crippen molar-refractivity contribution in [3.63, 3.8) is 0 Å². The number of rotatable bonds is 4. The highest BCUT2D eigenvalue weighted by molar-refractivity contribution is 5.96. The lowest BCUT2D eigenvalue weighted by molar-refractivity contribution is 0.324. The van der Waals surface area contributed by atoms with E-state index in [1.165, 1.54) is 36.8 Å². The number of benzene rings is 2. The van der Waals surface area contributed by atoms with Gasteiger partial charge in [0.05, 0.1) is 5.56 Å². The lowest BCUT2D eigenvalue weighted by Gasteiger charge is -2.15. The van der Waals surface area contributed by atoms with Gasteiger partial charge < -0.3 is 15.2 Å². The van der Waals surface area contributed by atoms with Crippen LogP contribution in [0.15, 0.2) is 48.7 Å². The van der Waals surface area contributed by atoms with Gasteiger partial charge in [-0.05, 0) is 61.3 Å². The molecule has 1 fully saturated rings. The predicted octanol–water partition coefficient (Wildman–Crippen LogP) is 3.86. The molecule has 1 aliphatic rings. The Morgan fingerprint density at radius 2 is 1.88 bits per heavy atom. The molecule has 25 heavy (non-hydrogen) atoms. The molecular formula is C21H22N4. The Kier molecular flexibility index (Phi) is 4.17. The van der Waals surface area contributed by atoms with Crippen molar-refractivity contribution in [2.45, 2.75) is 19.4 Å². The minimum atomic E-state index is 0.529. The third-order valence-electron chi connectivity index (χ3n) is 5.15. The van der Waals surface area contributed by atoms with Gasteiger partial charge in [0.15, 0.2) is 0 Å². The largest absolute Gasteiger partial charge is 0.398 e. The van der Waals surface area contributed by atoms with Gasteiger partial charge in [0.25, 0.3) is 0 Å². The standard InChI is InChI=1S/C21H22N4/c22-15-17-14-16(6-7-20(17)23)18-4-3-5-21-19(18)8-11-25(21)13-12-24-9-1-2-10-24/h3-8,11,14H,1-2,9-10,12-13,23H2. The summed E-state index contributed by atoms with van der Waals surface area (Å²) in [5, 5.41) is 10.5. The van der Waals surface area contributed by atoms with Gasteiger partial charge in [-0.15, -0.1) is 0 Å². The van der Waals surface area contributed by atoms with E-state index in [2.05, 4.69) is 46.0 Å². The second kappa shape index (κ2) is 6.62. The van der Waals surface area contributed by atoms with Gasteiger partial charge in [-0.3, -0.25) is 0 Å². The van der Waals surface area contributed by atoms with Crippen molar-refractivity contribution < 1.29 is 0 Å². The molecule has 0 spiro atoms. The smallest absolute Gasteiger partial charge is 0.101 e. The van der Waals surface area contributed by atoms with Gasteiger partial charge in [-0.2, -0.15) is 5.26 Å². The molecule has 1 aliphatic heterocycles. The first kappa shape index (κ1) is 15.7. The number of likely N-dealkylation sites (tertiary alicyclic amines) is 1. The third kappa shape index (κ3) is 2.99. The fourth-order valence-electron chi connectivity index (χ4n) is 3.75. The van der Waals surface area contributed by atoms with Crippen molar-refractivity contribution >= 4 is 16.6 Å². The molecular weight excluding hydrogens is 308 g/mol. The minimum Gasteiger partial charge on any atom is -0.398 e. The van der Waals surface area contributed by atoms with Crippen LogP contribution >= 0.6 is 0 Å². The number of aromatic nitrogens is 1. The monoisotopic (exact) mass is 330 g/mol. The zero-order valence-corrected chi connectivity index (χ0v) is 14.3. The van der Waals surface area contributed by atoms with Gasteiger partial charge in [0, 0.05) is 35.9 Å². The molecule has 0 atom stereocenters. The molecule has 0 radical (unpaired) electrons. The van der Waals surface area contributed by atoms with E-state index in [1.54, 1.807) is 0 Å². The van der Waals surface area contributed by atoms with Crippen LogP contribution in [0.25, 0.3) is 22.0 Å². The molecule has 0 aliphatic carbocycles. The van der Waals surface area contributed by atoms with E-state index in [0.717, 1.165) is 24.2 Å². The Morgan fingerprint density at radius 1 is 1.04 bits per heavy atom. The Bertz CT molecular complexity index is 942. The first-order valence-electron chi connectivity index (χ1n) is 8.86. The van der Waals surface area contributed by atoms with E-state index in [-0.39, 0.29) is 0 Å². The van der Waals surface area contributed by atoms with Gasteiger partial charge in [0.2, 0.25) is 0 Å². The van der Waals surface area contributed by atoms with Crippen molar-refractivity contribution in [3.05, 3.63) is 54.2 Å². The highest BCUT2D eigenvalue weighted by Crippen LogP contribution is 2.31. The molecule has 126 valence electrons. The lowest BCUT2D eigenvalue weighted by atomic mass is 9.99. The zero-order chi connectivity index (χ0) is 17.2. The number of nitrogens with two attached hydrogens (primary N) is 1. The normalized spacial score (nSPS) is 14.8. The summed E-state index contributed by atoms with van der Waals surface area (Å²) in [4.78, 5) is 2.54. The second-order valence-corrected chi connectivity index (χ2v) is 6.71. The topological polar surface area (TPSA) is 58.0 Å². The van der Waals surface area contributed by atoms with Gasteiger partial charge in [-0.1, -0.05) is 18.2 Å². The third-order valence-corrected chi connectivity index (χ3v) is 5.15. The van der Waals surface area contributed by atoms with E-state index in [9.17, 15) is 5.26 Å². The van der Waals surface area contributed by atoms with E-state index in [1.807, 2.05) is 18.2 Å². The SMILES string of the molecule is N#Cc1cc(-c2cccc3c2ccn3CCN2CCCC2)ccc1N. The molecule has 2 heterocycles. The maximum Gasteiger partial charge on any atom is 0.101 e. The maximum absolute atomic E-state index is 9.24. The van der Waals surface area contributed by atoms with Crippen molar-refractivity contribution in [1.82, 2.24) is 9.47 Å². The number of nitriles is 1. The first-order valence-corrected chi connectivity index (χ1v) is 8.86. The van der Waals surface area contributed by atoms with E-state index >= 15 is 0 Å². The number of anilines is 1. The van der Waals surface area contributed by atoms with Crippen LogP contribution in [-0.4, -0.2) is 29.1 Å². The number of nitrogens with zero attached hydrogens (tertiary/aromatic N) is 3. The quantitative estimate of drug-likeness (QED) is 0.739. The molecule has 2 N–H and O–H groups in total. The van der Waals surface area contributed by atoms with Gasteiger partial charge in [0.1, 0.15) is 6.07 Å². The molecule has 4 rings (SSSR count). The fraction of sp³-hybridized carbons (Fsp3) is 0.286. The summed E-state index contributed by atoms with van der Waals surface area (Å²) in [7, 11) is 0. The summed E-state index contributed by atoms with van der Waals surface area (Å²) in [6, 6.07) is 16.4. The van der Waals surface area contributed by atoms with E-state index < -0.39 is 0 Å². The van der Waals surface area contributed by atoms with E-state index in [0.29, 0.717) is 11.3 Å². The average molecular weight is 330 g/mol. The summed E-state index contributed by atoms with van der Waals surface area (Å²) in [5.74, 6) is 0. The summed E-state index contributed by atoms with van der Waals surface area (Å²) >= 11 is 0. The minimum absolute atomic E-state index is 0.529. The van der Waals surface area contributed by atoms with E-state index in [4.69, 9.17) is 5.73 Å². The van der Waals surface area contributed by atoms with Crippen molar-refractivity contribution in [3.8, 4) is 17.2 Å². The molecule has 4 heteroatoms. The summed E-state index contributed by atoms with van der Waals surface area (Å²) in [6.07, 6.45) is 4.83. The van der Waals surface area contributed by atoms with Crippen LogP contribution in [0.2, 0.25) is 0 Å². The molecule has 2 aromatic carbocycles. The zero-order valence-electron chi connectivity index (χ0n) is 14.3. The Hall–Kier alpha value is -2.77. The van der Waals surface area contributed by atoms with Gasteiger partial charge >= 0.3 is 0 Å². The van der Waals surface area contributed by atoms with Crippen LogP contribution in [0.4, 0.5) is 5.69 Å². The molecule has 3 aromatic rings. The summed E-state index contributed by atoms with van der Waals surface area (Å²) in [5.41, 5.74) is 10.3. The highest BCUT2D eigenvalue weighted by Gasteiger charge is 2.13. The Labute approximate surface area is 148 Å². The highest BCUT2D eigenvalue weighted by atomic mass is 15.2. The van der Waals surface area contributed by atoms with Crippen LogP contribution in [0.5, 0.6) is 0 Å². The van der Waals surface area contributed by atoms with Gasteiger partial charge in [-0.25, -0.2) is 0 Å². The Morgan fingerprint density at radius 3 is 2.68 bits per heavy atom. The predicted molar refractivity (Wildman–Crippen MR) is 102 cm³/mol. The fourth-order valence-corrected chi connectivity index (χ4v) is 3.75.